The van der Waals surface area contributed by atoms with Crippen LogP contribution in [0.25, 0.3) is 0 Å². The Morgan fingerprint density at radius 1 is 1.00 bits per heavy atom. The number of rotatable bonds is 0. The van der Waals surface area contributed by atoms with E-state index in [-0.39, 0.29) is 0 Å². The molecule has 0 saturated carbocycles. The first-order valence-electron chi connectivity index (χ1n) is 4.83. The molecule has 66 valence electrons. The molecule has 11 heavy (non-hydrogen) atoms. The lowest BCUT2D eigenvalue weighted by Crippen LogP contribution is -2.35. The van der Waals surface area contributed by atoms with Gasteiger partial charge >= 0.3 is 0 Å². The molecule has 0 aromatic rings. The molecule has 0 aromatic heterocycles. The minimum absolute atomic E-state index is 0.780. The van der Waals surface area contributed by atoms with E-state index in [0.29, 0.717) is 0 Å². The van der Waals surface area contributed by atoms with Crippen molar-refractivity contribution in [3.8, 4) is 0 Å². The number of likely N-dealkylation sites (tertiary alicyclic amines) is 1. The summed E-state index contributed by atoms with van der Waals surface area (Å²) in [5, 5.41) is 0. The van der Waals surface area contributed by atoms with Crippen LogP contribution in [0.1, 0.15) is 40.0 Å². The summed E-state index contributed by atoms with van der Waals surface area (Å²) in [5.41, 5.74) is 0. The topological polar surface area (TPSA) is 3.24 Å². The van der Waals surface area contributed by atoms with Crippen LogP contribution in [0.2, 0.25) is 0 Å². The molecule has 0 aromatic carbocycles. The summed E-state index contributed by atoms with van der Waals surface area (Å²) in [6, 6.07) is 1.57. The Balaban J connectivity index is 2.53. The molecule has 3 atom stereocenters. The van der Waals surface area contributed by atoms with Gasteiger partial charge in [0.1, 0.15) is 0 Å². The molecule has 1 aliphatic heterocycles. The van der Waals surface area contributed by atoms with Gasteiger partial charge in [-0.3, -0.25) is 0 Å². The van der Waals surface area contributed by atoms with E-state index in [1.54, 1.807) is 0 Å². The van der Waals surface area contributed by atoms with Gasteiger partial charge in [0.15, 0.2) is 0 Å². The smallest absolute Gasteiger partial charge is 0.00692 e. The molecule has 0 bridgehead atoms. The first kappa shape index (κ1) is 9.05. The van der Waals surface area contributed by atoms with Gasteiger partial charge in [-0.1, -0.05) is 6.92 Å². The Morgan fingerprint density at radius 2 is 1.64 bits per heavy atom. The van der Waals surface area contributed by atoms with Gasteiger partial charge in [0.2, 0.25) is 0 Å². The van der Waals surface area contributed by atoms with E-state index in [1.807, 2.05) is 0 Å². The standard InChI is InChI=1S/C10H21N/c1-8-5-6-9(2)11(4)10(3)7-8/h8-10H,5-7H2,1-4H3. The van der Waals surface area contributed by atoms with E-state index < -0.39 is 0 Å². The molecule has 0 radical (unpaired) electrons. The number of nitrogens with zero attached hydrogens (tertiary/aromatic N) is 1. The lowest BCUT2D eigenvalue weighted by Gasteiger charge is -2.27. The van der Waals surface area contributed by atoms with Gasteiger partial charge in [0.05, 0.1) is 0 Å². The molecule has 1 heterocycles. The molecule has 0 spiro atoms. The van der Waals surface area contributed by atoms with Crippen LogP contribution in [0, 0.1) is 5.92 Å². The fourth-order valence-electron chi connectivity index (χ4n) is 2.03. The largest absolute Gasteiger partial charge is 0.301 e. The highest BCUT2D eigenvalue weighted by Gasteiger charge is 2.22. The lowest BCUT2D eigenvalue weighted by atomic mass is 9.99. The zero-order chi connectivity index (χ0) is 8.43. The van der Waals surface area contributed by atoms with Gasteiger partial charge in [0, 0.05) is 12.1 Å². The third-order valence-electron chi connectivity index (χ3n) is 3.21. The van der Waals surface area contributed by atoms with Crippen LogP contribution < -0.4 is 0 Å². The zero-order valence-electron chi connectivity index (χ0n) is 8.30. The van der Waals surface area contributed by atoms with Crippen molar-refractivity contribution in [1.29, 1.82) is 0 Å². The van der Waals surface area contributed by atoms with Crippen molar-refractivity contribution in [3.05, 3.63) is 0 Å². The molecule has 1 aliphatic rings. The third kappa shape index (κ3) is 2.19. The highest BCUT2D eigenvalue weighted by molar-refractivity contribution is 4.77. The third-order valence-corrected chi connectivity index (χ3v) is 3.21. The monoisotopic (exact) mass is 155 g/mol. The molecule has 0 aliphatic carbocycles. The molecule has 3 unspecified atom stereocenters. The fraction of sp³-hybridized carbons (Fsp3) is 1.00. The minimum Gasteiger partial charge on any atom is -0.301 e. The van der Waals surface area contributed by atoms with Gasteiger partial charge < -0.3 is 4.90 Å². The molecule has 0 N–H and O–H groups in total. The van der Waals surface area contributed by atoms with Gasteiger partial charge in [-0.15, -0.1) is 0 Å². The maximum Gasteiger partial charge on any atom is 0.00692 e. The molecule has 1 heteroatoms. The van der Waals surface area contributed by atoms with Crippen molar-refractivity contribution in [2.75, 3.05) is 7.05 Å². The van der Waals surface area contributed by atoms with Crippen molar-refractivity contribution < 1.29 is 0 Å². The number of hydrogen-bond acceptors (Lipinski definition) is 1. The van der Waals surface area contributed by atoms with E-state index in [1.165, 1.54) is 19.3 Å². The lowest BCUT2D eigenvalue weighted by molar-refractivity contribution is 0.196. The highest BCUT2D eigenvalue weighted by atomic mass is 15.1. The van der Waals surface area contributed by atoms with Crippen LogP contribution in [0.5, 0.6) is 0 Å². The first-order chi connectivity index (χ1) is 5.11. The summed E-state index contributed by atoms with van der Waals surface area (Å²) in [6.45, 7) is 7.06. The van der Waals surface area contributed by atoms with Crippen molar-refractivity contribution in [3.63, 3.8) is 0 Å². The quantitative estimate of drug-likeness (QED) is 0.519. The van der Waals surface area contributed by atoms with E-state index >= 15 is 0 Å². The van der Waals surface area contributed by atoms with Crippen LogP contribution in [0.3, 0.4) is 0 Å². The normalized spacial score (nSPS) is 42.0. The van der Waals surface area contributed by atoms with E-state index in [2.05, 4.69) is 32.7 Å². The van der Waals surface area contributed by atoms with Crippen molar-refractivity contribution in [2.24, 2.45) is 5.92 Å². The van der Waals surface area contributed by atoms with Crippen molar-refractivity contribution in [1.82, 2.24) is 4.90 Å². The summed E-state index contributed by atoms with van der Waals surface area (Å²) < 4.78 is 0. The Morgan fingerprint density at radius 3 is 2.27 bits per heavy atom. The van der Waals surface area contributed by atoms with Crippen LogP contribution >= 0.6 is 0 Å². The first-order valence-corrected chi connectivity index (χ1v) is 4.83. The average molecular weight is 155 g/mol. The second kappa shape index (κ2) is 3.57. The van der Waals surface area contributed by atoms with Gasteiger partial charge in [-0.2, -0.15) is 0 Å². The van der Waals surface area contributed by atoms with Crippen LogP contribution in [-0.4, -0.2) is 24.0 Å². The molecule has 0 amide bonds. The fourth-order valence-corrected chi connectivity index (χ4v) is 2.03. The molecule has 1 fully saturated rings. The Kier molecular flexibility index (Phi) is 2.94. The molecular formula is C10H21N. The van der Waals surface area contributed by atoms with Crippen molar-refractivity contribution >= 4 is 0 Å². The SMILES string of the molecule is CC1CCC(C)N(C)C(C)C1. The van der Waals surface area contributed by atoms with Crippen LogP contribution in [-0.2, 0) is 0 Å². The predicted molar refractivity (Wildman–Crippen MR) is 49.7 cm³/mol. The number of hydrogen-bond donors (Lipinski definition) is 0. The molecule has 1 saturated heterocycles. The van der Waals surface area contributed by atoms with E-state index in [0.717, 1.165) is 18.0 Å². The van der Waals surface area contributed by atoms with Gasteiger partial charge in [0.25, 0.3) is 0 Å². The summed E-state index contributed by atoms with van der Waals surface area (Å²) in [5.74, 6) is 0.928. The summed E-state index contributed by atoms with van der Waals surface area (Å²) in [4.78, 5) is 2.52. The van der Waals surface area contributed by atoms with Crippen LogP contribution in [0.15, 0.2) is 0 Å². The maximum absolute atomic E-state index is 2.52. The molecule has 1 nitrogen and oxygen atoms in total. The minimum atomic E-state index is 0.780. The average Bonchev–Trinajstić information content (AvgIpc) is 2.05. The second-order valence-corrected chi connectivity index (χ2v) is 4.28. The summed E-state index contributed by atoms with van der Waals surface area (Å²) in [6.07, 6.45) is 4.17. The van der Waals surface area contributed by atoms with Crippen molar-refractivity contribution in [2.45, 2.75) is 52.1 Å². The summed E-state index contributed by atoms with van der Waals surface area (Å²) in [7, 11) is 2.26. The van der Waals surface area contributed by atoms with Gasteiger partial charge in [-0.25, -0.2) is 0 Å². The Bertz CT molecular complexity index is 122. The van der Waals surface area contributed by atoms with Gasteiger partial charge in [-0.05, 0) is 46.1 Å². The van der Waals surface area contributed by atoms with E-state index in [4.69, 9.17) is 0 Å². The maximum atomic E-state index is 2.52. The molecular weight excluding hydrogens is 134 g/mol. The predicted octanol–water partition coefficient (Wildman–Crippen LogP) is 2.52. The Hall–Kier alpha value is -0.0400. The Labute approximate surface area is 70.8 Å². The molecule has 1 rings (SSSR count). The zero-order valence-corrected chi connectivity index (χ0v) is 8.30. The highest BCUT2D eigenvalue weighted by Crippen LogP contribution is 2.24. The second-order valence-electron chi connectivity index (χ2n) is 4.28. The van der Waals surface area contributed by atoms with Crippen LogP contribution in [0.4, 0.5) is 0 Å². The van der Waals surface area contributed by atoms with E-state index in [9.17, 15) is 0 Å². The summed E-state index contributed by atoms with van der Waals surface area (Å²) >= 11 is 0.